The van der Waals surface area contributed by atoms with Gasteiger partial charge in [0.25, 0.3) is 5.91 Å². The number of aromatic nitrogens is 3. The van der Waals surface area contributed by atoms with E-state index >= 15 is 0 Å². The maximum absolute atomic E-state index is 13.1. The maximum Gasteiger partial charge on any atom is 0.490 e. The van der Waals surface area contributed by atoms with Crippen molar-refractivity contribution in [3.8, 4) is 0 Å². The summed E-state index contributed by atoms with van der Waals surface area (Å²) in [5.74, 6) is -0.593. The van der Waals surface area contributed by atoms with Gasteiger partial charge in [0.15, 0.2) is 0 Å². The van der Waals surface area contributed by atoms with Crippen LogP contribution in [0.4, 0.5) is 17.6 Å². The topological polar surface area (TPSA) is 100 Å². The highest BCUT2D eigenvalue weighted by atomic mass is 19.4. The number of nitrogens with one attached hydrogen (secondary N) is 1. The van der Waals surface area contributed by atoms with E-state index in [0.717, 1.165) is 56.8 Å². The number of rotatable bonds is 4. The molecule has 34 heavy (non-hydrogen) atoms. The maximum atomic E-state index is 13.1. The highest BCUT2D eigenvalue weighted by Crippen LogP contribution is 2.33. The van der Waals surface area contributed by atoms with Crippen molar-refractivity contribution in [1.82, 2.24) is 25.0 Å². The lowest BCUT2D eigenvalue weighted by atomic mass is 9.89. The zero-order chi connectivity index (χ0) is 24.5. The van der Waals surface area contributed by atoms with Gasteiger partial charge in [-0.25, -0.2) is 9.18 Å². The molecule has 8 nitrogen and oxygen atoms in total. The Morgan fingerprint density at radius 3 is 2.29 bits per heavy atom. The fourth-order valence-corrected chi connectivity index (χ4v) is 4.57. The first-order chi connectivity index (χ1) is 16.1. The second-order valence-corrected chi connectivity index (χ2v) is 9.00. The van der Waals surface area contributed by atoms with Gasteiger partial charge in [0.1, 0.15) is 11.6 Å². The molecule has 1 aliphatic carbocycles. The summed E-state index contributed by atoms with van der Waals surface area (Å²) in [5.41, 5.74) is 1.13. The van der Waals surface area contributed by atoms with E-state index in [4.69, 9.17) is 9.90 Å². The Bertz CT molecular complexity index is 1040. The van der Waals surface area contributed by atoms with Crippen LogP contribution < -0.4 is 5.32 Å². The Kier molecular flexibility index (Phi) is 6.87. The van der Waals surface area contributed by atoms with Gasteiger partial charge < -0.3 is 15.0 Å². The van der Waals surface area contributed by atoms with Crippen molar-refractivity contribution in [3.05, 3.63) is 47.3 Å². The quantitative estimate of drug-likeness (QED) is 0.649. The number of benzene rings is 1. The first-order valence-corrected chi connectivity index (χ1v) is 11.1. The van der Waals surface area contributed by atoms with Gasteiger partial charge in [-0.2, -0.15) is 13.2 Å². The second-order valence-electron chi connectivity index (χ2n) is 9.00. The number of hydrogen-bond acceptors (Lipinski definition) is 5. The number of fused-ring (bicyclic) bond motifs is 2. The van der Waals surface area contributed by atoms with Gasteiger partial charge in [-0.1, -0.05) is 12.1 Å². The van der Waals surface area contributed by atoms with Crippen LogP contribution in [0, 0.1) is 17.7 Å². The van der Waals surface area contributed by atoms with E-state index in [0.29, 0.717) is 23.7 Å². The first-order valence-electron chi connectivity index (χ1n) is 11.1. The summed E-state index contributed by atoms with van der Waals surface area (Å²) < 4.78 is 46.9. The number of carbonyl (C=O) groups excluding carboxylic acids is 1. The van der Waals surface area contributed by atoms with Gasteiger partial charge in [-0.3, -0.25) is 9.69 Å². The molecule has 2 fully saturated rings. The van der Waals surface area contributed by atoms with Crippen LogP contribution in [-0.4, -0.2) is 62.0 Å². The molecule has 2 aliphatic heterocycles. The number of nitrogens with zero attached hydrogens (tertiary/aromatic N) is 4. The van der Waals surface area contributed by atoms with E-state index in [1.165, 1.54) is 18.6 Å². The molecule has 2 N–H and O–H groups in total. The van der Waals surface area contributed by atoms with Crippen LogP contribution >= 0.6 is 0 Å². The van der Waals surface area contributed by atoms with Gasteiger partial charge in [-0.05, 0) is 48.8 Å². The smallest absolute Gasteiger partial charge is 0.475 e. The highest BCUT2D eigenvalue weighted by molar-refractivity contribution is 5.91. The van der Waals surface area contributed by atoms with Crippen LogP contribution in [0.15, 0.2) is 24.3 Å². The summed E-state index contributed by atoms with van der Waals surface area (Å²) in [6, 6.07) is 7.06. The van der Waals surface area contributed by atoms with E-state index in [-0.39, 0.29) is 11.7 Å². The molecule has 1 saturated heterocycles. The Morgan fingerprint density at radius 1 is 1.06 bits per heavy atom. The van der Waals surface area contributed by atoms with Crippen LogP contribution in [0.2, 0.25) is 0 Å². The normalized spacial score (nSPS) is 22.1. The average Bonchev–Trinajstić information content (AvgIpc) is 3.33. The first kappa shape index (κ1) is 24.1. The lowest BCUT2D eigenvalue weighted by molar-refractivity contribution is -0.192. The minimum absolute atomic E-state index is 0.0851. The molecule has 0 spiro atoms. The average molecular weight is 483 g/mol. The van der Waals surface area contributed by atoms with Crippen molar-refractivity contribution < 1.29 is 32.3 Å². The van der Waals surface area contributed by atoms with Crippen LogP contribution in [0.3, 0.4) is 0 Å². The van der Waals surface area contributed by atoms with Gasteiger partial charge in [-0.15, -0.1) is 10.2 Å². The van der Waals surface area contributed by atoms with Gasteiger partial charge in [0.05, 0.1) is 0 Å². The predicted molar refractivity (Wildman–Crippen MR) is 111 cm³/mol. The highest BCUT2D eigenvalue weighted by Gasteiger charge is 2.39. The largest absolute Gasteiger partial charge is 0.490 e. The van der Waals surface area contributed by atoms with Crippen molar-refractivity contribution in [1.29, 1.82) is 0 Å². The monoisotopic (exact) mass is 483 g/mol. The van der Waals surface area contributed by atoms with E-state index in [2.05, 4.69) is 20.4 Å². The molecule has 3 aliphatic rings. The summed E-state index contributed by atoms with van der Waals surface area (Å²) in [5, 5.41) is 18.7. The molecule has 184 valence electrons. The number of carbonyl (C=O) groups is 2. The summed E-state index contributed by atoms with van der Waals surface area (Å²) in [7, 11) is 0. The van der Waals surface area contributed by atoms with E-state index < -0.39 is 12.1 Å². The Balaban J connectivity index is 0.000000344. The number of amides is 1. The molecule has 0 radical (unpaired) electrons. The molecule has 2 aromatic rings. The van der Waals surface area contributed by atoms with Gasteiger partial charge >= 0.3 is 12.1 Å². The third kappa shape index (κ3) is 5.54. The van der Waals surface area contributed by atoms with E-state index in [1.54, 1.807) is 0 Å². The lowest BCUT2D eigenvalue weighted by Gasteiger charge is -2.28. The number of carboxylic acids is 1. The van der Waals surface area contributed by atoms with Crippen molar-refractivity contribution in [2.45, 2.75) is 51.0 Å². The molecule has 5 rings (SSSR count). The molecule has 1 aromatic carbocycles. The molecule has 12 heteroatoms. The zero-order valence-electron chi connectivity index (χ0n) is 18.3. The third-order valence-corrected chi connectivity index (χ3v) is 6.55. The number of halogens is 4. The minimum atomic E-state index is -5.08. The molecule has 1 amide bonds. The molecule has 2 atom stereocenters. The van der Waals surface area contributed by atoms with Crippen molar-refractivity contribution in [2.75, 3.05) is 13.1 Å². The second kappa shape index (κ2) is 9.69. The fourth-order valence-electron chi connectivity index (χ4n) is 4.57. The number of aliphatic carboxylic acids is 1. The van der Waals surface area contributed by atoms with Crippen molar-refractivity contribution >= 4 is 11.9 Å². The Labute approximate surface area is 193 Å². The van der Waals surface area contributed by atoms with Crippen molar-refractivity contribution in [3.63, 3.8) is 0 Å². The number of alkyl halides is 3. The van der Waals surface area contributed by atoms with Gasteiger partial charge in [0, 0.05) is 38.6 Å². The predicted octanol–water partition coefficient (Wildman–Crippen LogP) is 2.64. The number of carboxylic acid groups (broad SMARTS) is 1. The standard InChI is InChI=1S/C20H24FN5O.C2HF3O2/c21-16-6-4-13(5-7-16)9-25-10-14-8-18-23-24-19(26(18)12-15(14)11-25)20(27)22-17-2-1-3-17;3-2(4,5)1(6)7/h4-7,14-15,17H,1-3,8-12H2,(H,22,27);(H,6,7). The molecule has 1 aromatic heterocycles. The molecular formula is C22H25F4N5O3. The fraction of sp³-hybridized carbons (Fsp3) is 0.545. The van der Waals surface area contributed by atoms with E-state index in [9.17, 15) is 22.4 Å². The van der Waals surface area contributed by atoms with Crippen molar-refractivity contribution in [2.24, 2.45) is 11.8 Å². The Hall–Kier alpha value is -3.02. The summed E-state index contributed by atoms with van der Waals surface area (Å²) in [4.78, 5) is 23.9. The Morgan fingerprint density at radius 2 is 1.71 bits per heavy atom. The summed E-state index contributed by atoms with van der Waals surface area (Å²) >= 11 is 0. The van der Waals surface area contributed by atoms with Crippen LogP contribution in [-0.2, 0) is 24.3 Å². The lowest BCUT2D eigenvalue weighted by Crippen LogP contribution is -2.41. The van der Waals surface area contributed by atoms with E-state index in [1.807, 2.05) is 16.7 Å². The minimum Gasteiger partial charge on any atom is -0.475 e. The molecule has 2 unspecified atom stereocenters. The SMILES string of the molecule is O=C(NC1CCC1)c1nnc2n1CC1CN(Cc3ccc(F)cc3)CC1C2.O=C(O)C(F)(F)F. The van der Waals surface area contributed by atoms with Crippen LogP contribution in [0.1, 0.15) is 41.3 Å². The van der Waals surface area contributed by atoms with Crippen LogP contribution in [0.5, 0.6) is 0 Å². The summed E-state index contributed by atoms with van der Waals surface area (Å²) in [6.07, 6.45) is -0.892. The zero-order valence-corrected chi connectivity index (χ0v) is 18.3. The number of hydrogen-bond donors (Lipinski definition) is 2. The number of likely N-dealkylation sites (tertiary alicyclic amines) is 1. The molecule has 1 saturated carbocycles. The molecule has 0 bridgehead atoms. The van der Waals surface area contributed by atoms with Gasteiger partial charge in [0.2, 0.25) is 5.82 Å². The molecular weight excluding hydrogens is 458 g/mol. The third-order valence-electron chi connectivity index (χ3n) is 6.55. The van der Waals surface area contributed by atoms with Crippen LogP contribution in [0.25, 0.3) is 0 Å². The molecule has 3 heterocycles. The summed E-state index contributed by atoms with van der Waals surface area (Å²) in [6.45, 7) is 3.64.